The first-order chi connectivity index (χ1) is 6.34. The molecule has 0 aromatic carbocycles. The van der Waals surface area contributed by atoms with Gasteiger partial charge in [-0.05, 0) is 18.6 Å². The van der Waals surface area contributed by atoms with Crippen LogP contribution in [0.5, 0.6) is 0 Å². The maximum absolute atomic E-state index is 11.3. The lowest BCUT2D eigenvalue weighted by molar-refractivity contribution is 0.0946. The number of carbonyl (C=O) groups excluding carboxylic acids is 1. The molecule has 4 heteroatoms. The van der Waals surface area contributed by atoms with Crippen LogP contribution in [0.3, 0.4) is 0 Å². The Hall–Kier alpha value is -1.42. The molecule has 0 saturated heterocycles. The highest BCUT2D eigenvalue weighted by molar-refractivity contribution is 5.92. The Morgan fingerprint density at radius 2 is 2.38 bits per heavy atom. The Morgan fingerprint density at radius 1 is 1.54 bits per heavy atom. The van der Waals surface area contributed by atoms with E-state index in [1.165, 1.54) is 0 Å². The van der Waals surface area contributed by atoms with Crippen molar-refractivity contribution < 1.29 is 9.90 Å². The van der Waals surface area contributed by atoms with E-state index in [1.807, 2.05) is 0 Å². The van der Waals surface area contributed by atoms with Crippen molar-refractivity contribution in [2.45, 2.75) is 6.42 Å². The number of aromatic nitrogens is 1. The van der Waals surface area contributed by atoms with Gasteiger partial charge in [0.05, 0.1) is 0 Å². The number of hydrogen-bond acceptors (Lipinski definition) is 3. The van der Waals surface area contributed by atoms with E-state index in [2.05, 4.69) is 10.3 Å². The fourth-order valence-electron chi connectivity index (χ4n) is 0.869. The Balaban J connectivity index is 2.40. The van der Waals surface area contributed by atoms with Crippen LogP contribution in [0.15, 0.2) is 24.4 Å². The van der Waals surface area contributed by atoms with Gasteiger partial charge in [0.25, 0.3) is 5.91 Å². The van der Waals surface area contributed by atoms with Gasteiger partial charge in [-0.2, -0.15) is 0 Å². The summed E-state index contributed by atoms with van der Waals surface area (Å²) in [4.78, 5) is 15.1. The minimum atomic E-state index is -0.200. The van der Waals surface area contributed by atoms with E-state index < -0.39 is 0 Å². The van der Waals surface area contributed by atoms with Crippen LogP contribution >= 0.6 is 0 Å². The first-order valence-electron chi connectivity index (χ1n) is 4.14. The van der Waals surface area contributed by atoms with Crippen molar-refractivity contribution in [1.82, 2.24) is 10.3 Å². The quantitative estimate of drug-likeness (QED) is 0.650. The number of carbonyl (C=O) groups is 1. The maximum Gasteiger partial charge on any atom is 0.269 e. The Labute approximate surface area is 76.6 Å². The molecule has 0 aliphatic carbocycles. The predicted octanol–water partition coefficient (Wildman–Crippen LogP) is 0.194. The monoisotopic (exact) mass is 180 g/mol. The van der Waals surface area contributed by atoms with Crippen molar-refractivity contribution in [3.05, 3.63) is 30.1 Å². The number of rotatable bonds is 4. The van der Waals surface area contributed by atoms with Crippen molar-refractivity contribution >= 4 is 5.91 Å². The maximum atomic E-state index is 11.3. The first kappa shape index (κ1) is 9.67. The zero-order valence-electron chi connectivity index (χ0n) is 7.23. The SMILES string of the molecule is O=C(NCCCO)c1ccccn1. The highest BCUT2D eigenvalue weighted by Gasteiger charge is 2.03. The lowest BCUT2D eigenvalue weighted by Crippen LogP contribution is -2.25. The largest absolute Gasteiger partial charge is 0.396 e. The van der Waals surface area contributed by atoms with Gasteiger partial charge in [0.1, 0.15) is 5.69 Å². The summed E-state index contributed by atoms with van der Waals surface area (Å²) in [5.41, 5.74) is 0.403. The summed E-state index contributed by atoms with van der Waals surface area (Å²) in [6.07, 6.45) is 2.14. The standard InChI is InChI=1S/C9H12N2O2/c12-7-3-6-11-9(13)8-4-1-2-5-10-8/h1-2,4-5,12H,3,6-7H2,(H,11,13). The summed E-state index contributed by atoms with van der Waals surface area (Å²) in [7, 11) is 0. The van der Waals surface area contributed by atoms with E-state index in [1.54, 1.807) is 24.4 Å². The molecule has 0 atom stereocenters. The smallest absolute Gasteiger partial charge is 0.269 e. The van der Waals surface area contributed by atoms with Gasteiger partial charge in [-0.15, -0.1) is 0 Å². The van der Waals surface area contributed by atoms with Crippen LogP contribution in [0.4, 0.5) is 0 Å². The fourth-order valence-corrected chi connectivity index (χ4v) is 0.869. The molecule has 1 heterocycles. The molecule has 1 aromatic heterocycles. The van der Waals surface area contributed by atoms with Crippen LogP contribution in [0, 0.1) is 0 Å². The van der Waals surface area contributed by atoms with Crippen LogP contribution < -0.4 is 5.32 Å². The molecular formula is C9H12N2O2. The summed E-state index contributed by atoms with van der Waals surface area (Å²) in [6, 6.07) is 5.16. The van der Waals surface area contributed by atoms with E-state index in [4.69, 9.17) is 5.11 Å². The number of aliphatic hydroxyl groups excluding tert-OH is 1. The molecule has 13 heavy (non-hydrogen) atoms. The third-order valence-corrected chi connectivity index (χ3v) is 1.52. The minimum absolute atomic E-state index is 0.0858. The number of aliphatic hydroxyl groups is 1. The molecule has 1 aromatic rings. The molecule has 4 nitrogen and oxygen atoms in total. The summed E-state index contributed by atoms with van der Waals surface area (Å²) < 4.78 is 0. The second-order valence-electron chi connectivity index (χ2n) is 2.55. The van der Waals surface area contributed by atoms with Gasteiger partial charge in [0.15, 0.2) is 0 Å². The lowest BCUT2D eigenvalue weighted by atomic mass is 10.3. The molecule has 0 spiro atoms. The zero-order valence-corrected chi connectivity index (χ0v) is 7.23. The highest BCUT2D eigenvalue weighted by Crippen LogP contribution is 1.92. The predicted molar refractivity (Wildman–Crippen MR) is 48.3 cm³/mol. The van der Waals surface area contributed by atoms with Gasteiger partial charge in [-0.25, -0.2) is 0 Å². The topological polar surface area (TPSA) is 62.2 Å². The number of hydrogen-bond donors (Lipinski definition) is 2. The number of pyridine rings is 1. The highest BCUT2D eigenvalue weighted by atomic mass is 16.3. The van der Waals surface area contributed by atoms with Crippen LogP contribution in [-0.2, 0) is 0 Å². The van der Waals surface area contributed by atoms with Crippen molar-refractivity contribution in [2.75, 3.05) is 13.2 Å². The van der Waals surface area contributed by atoms with Crippen LogP contribution in [0.1, 0.15) is 16.9 Å². The Kier molecular flexibility index (Phi) is 3.92. The molecule has 0 saturated carbocycles. The fraction of sp³-hybridized carbons (Fsp3) is 0.333. The average molecular weight is 180 g/mol. The molecule has 2 N–H and O–H groups in total. The van der Waals surface area contributed by atoms with Gasteiger partial charge in [0, 0.05) is 19.3 Å². The van der Waals surface area contributed by atoms with Gasteiger partial charge >= 0.3 is 0 Å². The first-order valence-corrected chi connectivity index (χ1v) is 4.14. The van der Waals surface area contributed by atoms with Crippen LogP contribution in [0.25, 0.3) is 0 Å². The van der Waals surface area contributed by atoms with Gasteiger partial charge < -0.3 is 10.4 Å². The third kappa shape index (κ3) is 3.21. The normalized spacial score (nSPS) is 9.62. The number of nitrogens with zero attached hydrogens (tertiary/aromatic N) is 1. The number of amides is 1. The summed E-state index contributed by atoms with van der Waals surface area (Å²) in [5.74, 6) is -0.200. The molecule has 0 aliphatic rings. The van der Waals surface area contributed by atoms with E-state index >= 15 is 0 Å². The van der Waals surface area contributed by atoms with Crippen molar-refractivity contribution in [3.8, 4) is 0 Å². The lowest BCUT2D eigenvalue weighted by Gasteiger charge is -2.01. The molecule has 0 fully saturated rings. The van der Waals surface area contributed by atoms with E-state index in [-0.39, 0.29) is 12.5 Å². The summed E-state index contributed by atoms with van der Waals surface area (Å²) in [6.45, 7) is 0.564. The van der Waals surface area contributed by atoms with Gasteiger partial charge in [0.2, 0.25) is 0 Å². The Morgan fingerprint density at radius 3 is 3.00 bits per heavy atom. The average Bonchev–Trinajstić information content (AvgIpc) is 2.19. The summed E-state index contributed by atoms with van der Waals surface area (Å²) >= 11 is 0. The van der Waals surface area contributed by atoms with Gasteiger partial charge in [-0.3, -0.25) is 9.78 Å². The molecule has 70 valence electrons. The van der Waals surface area contributed by atoms with Crippen LogP contribution in [-0.4, -0.2) is 29.1 Å². The van der Waals surface area contributed by atoms with Crippen molar-refractivity contribution in [3.63, 3.8) is 0 Å². The second-order valence-corrected chi connectivity index (χ2v) is 2.55. The van der Waals surface area contributed by atoms with Crippen LogP contribution in [0.2, 0.25) is 0 Å². The third-order valence-electron chi connectivity index (χ3n) is 1.52. The molecule has 0 unspecified atom stereocenters. The van der Waals surface area contributed by atoms with E-state index in [0.717, 1.165) is 0 Å². The molecule has 1 rings (SSSR count). The summed E-state index contributed by atoms with van der Waals surface area (Å²) in [5, 5.41) is 11.1. The zero-order chi connectivity index (χ0) is 9.52. The number of nitrogens with one attached hydrogen (secondary N) is 1. The van der Waals surface area contributed by atoms with Crippen molar-refractivity contribution in [2.24, 2.45) is 0 Å². The molecule has 0 bridgehead atoms. The minimum Gasteiger partial charge on any atom is -0.396 e. The molecule has 0 aliphatic heterocycles. The molecular weight excluding hydrogens is 168 g/mol. The second kappa shape index (κ2) is 5.27. The molecule has 1 amide bonds. The van der Waals surface area contributed by atoms with E-state index in [9.17, 15) is 4.79 Å². The molecule has 0 radical (unpaired) electrons. The van der Waals surface area contributed by atoms with Crippen molar-refractivity contribution in [1.29, 1.82) is 0 Å². The van der Waals surface area contributed by atoms with Gasteiger partial charge in [-0.1, -0.05) is 6.07 Å². The Bertz CT molecular complexity index is 262. The van der Waals surface area contributed by atoms with E-state index in [0.29, 0.717) is 18.7 Å².